The highest BCUT2D eigenvalue weighted by Gasteiger charge is 2.12. The largest absolute Gasteiger partial charge is 0.368 e. The van der Waals surface area contributed by atoms with E-state index in [1.165, 1.54) is 0 Å². The van der Waals surface area contributed by atoms with Gasteiger partial charge in [-0.25, -0.2) is 9.97 Å². The molecule has 8 heteroatoms. The molecule has 0 atom stereocenters. The molecule has 128 valence electrons. The topological polar surface area (TPSA) is 80.9 Å². The van der Waals surface area contributed by atoms with Crippen molar-refractivity contribution in [3.05, 3.63) is 69.2 Å². The minimum absolute atomic E-state index is 0. The molecule has 0 saturated heterocycles. The number of hydrogen-bond donors (Lipinski definition) is 2. The van der Waals surface area contributed by atoms with Gasteiger partial charge in [-0.2, -0.15) is 0 Å². The van der Waals surface area contributed by atoms with Gasteiger partial charge in [0, 0.05) is 26.3 Å². The molecule has 1 aromatic heterocycles. The van der Waals surface area contributed by atoms with Crippen LogP contribution in [0.25, 0.3) is 11.3 Å². The number of benzene rings is 2. The molecule has 3 N–H and O–H groups in total. The van der Waals surface area contributed by atoms with Crippen molar-refractivity contribution >= 4 is 61.8 Å². The van der Waals surface area contributed by atoms with Crippen LogP contribution in [0.1, 0.15) is 10.4 Å². The van der Waals surface area contributed by atoms with Gasteiger partial charge in [-0.15, -0.1) is 12.4 Å². The van der Waals surface area contributed by atoms with E-state index in [4.69, 9.17) is 5.73 Å². The van der Waals surface area contributed by atoms with Gasteiger partial charge >= 0.3 is 0 Å². The molecule has 0 spiro atoms. The lowest BCUT2D eigenvalue weighted by atomic mass is 10.1. The average Bonchev–Trinajstić information content (AvgIpc) is 2.54. The molecular formula is C17H13Br2ClN4O. The summed E-state index contributed by atoms with van der Waals surface area (Å²) in [6.07, 6.45) is 1.59. The maximum Gasteiger partial charge on any atom is 0.255 e. The first-order valence-electron chi connectivity index (χ1n) is 6.98. The molecule has 0 aliphatic rings. The van der Waals surface area contributed by atoms with Gasteiger partial charge in [0.25, 0.3) is 5.91 Å². The first-order chi connectivity index (χ1) is 11.5. The molecule has 3 aromatic rings. The van der Waals surface area contributed by atoms with Crippen molar-refractivity contribution in [1.29, 1.82) is 0 Å². The van der Waals surface area contributed by atoms with Crippen molar-refractivity contribution in [2.75, 3.05) is 11.1 Å². The predicted molar refractivity (Wildman–Crippen MR) is 109 cm³/mol. The summed E-state index contributed by atoms with van der Waals surface area (Å²) in [5.41, 5.74) is 8.26. The van der Waals surface area contributed by atoms with Crippen LogP contribution in [0.4, 0.5) is 11.6 Å². The minimum Gasteiger partial charge on any atom is -0.368 e. The van der Waals surface area contributed by atoms with Crippen LogP contribution in [-0.2, 0) is 0 Å². The fourth-order valence-corrected chi connectivity index (χ4v) is 3.51. The van der Waals surface area contributed by atoms with Crippen molar-refractivity contribution in [1.82, 2.24) is 9.97 Å². The maximum atomic E-state index is 12.6. The van der Waals surface area contributed by atoms with Gasteiger partial charge in [-0.1, -0.05) is 50.1 Å². The third kappa shape index (κ3) is 4.78. The van der Waals surface area contributed by atoms with Crippen molar-refractivity contribution < 1.29 is 4.79 Å². The standard InChI is InChI=1S/C17H12Br2N4O.ClH/c18-11-7-10(8-12(19)9-11)16(24)22-14-4-2-1-3-13(14)15-5-6-21-17(20)23-15;/h1-9H,(H,22,24)(H2,20,21,23);1H. The van der Waals surface area contributed by atoms with E-state index in [0.717, 1.165) is 14.5 Å². The molecule has 5 nitrogen and oxygen atoms in total. The van der Waals surface area contributed by atoms with Gasteiger partial charge in [0.15, 0.2) is 0 Å². The van der Waals surface area contributed by atoms with Crippen LogP contribution >= 0.6 is 44.3 Å². The number of nitrogens with two attached hydrogens (primary N) is 1. The fraction of sp³-hybridized carbons (Fsp3) is 0. The highest BCUT2D eigenvalue weighted by molar-refractivity contribution is 9.11. The Morgan fingerprint density at radius 1 is 1.04 bits per heavy atom. The maximum absolute atomic E-state index is 12.6. The smallest absolute Gasteiger partial charge is 0.255 e. The highest BCUT2D eigenvalue weighted by atomic mass is 79.9. The van der Waals surface area contributed by atoms with Crippen LogP contribution in [-0.4, -0.2) is 15.9 Å². The average molecular weight is 485 g/mol. The Morgan fingerprint density at radius 3 is 2.40 bits per heavy atom. The van der Waals surface area contributed by atoms with Gasteiger partial charge in [-0.3, -0.25) is 4.79 Å². The third-order valence-corrected chi connectivity index (χ3v) is 4.17. The lowest BCUT2D eigenvalue weighted by Gasteiger charge is -2.11. The van der Waals surface area contributed by atoms with Crippen molar-refractivity contribution in [2.45, 2.75) is 0 Å². The molecular weight excluding hydrogens is 471 g/mol. The SMILES string of the molecule is Cl.Nc1nccc(-c2ccccc2NC(=O)c2cc(Br)cc(Br)c2)n1. The summed E-state index contributed by atoms with van der Waals surface area (Å²) >= 11 is 6.77. The van der Waals surface area contributed by atoms with E-state index >= 15 is 0 Å². The molecule has 1 heterocycles. The monoisotopic (exact) mass is 482 g/mol. The molecule has 3 rings (SSSR count). The summed E-state index contributed by atoms with van der Waals surface area (Å²) < 4.78 is 1.64. The predicted octanol–water partition coefficient (Wildman–Crippen LogP) is 4.92. The van der Waals surface area contributed by atoms with Crippen LogP contribution < -0.4 is 11.1 Å². The lowest BCUT2D eigenvalue weighted by Crippen LogP contribution is -2.13. The second-order valence-electron chi connectivity index (χ2n) is 4.96. The van der Waals surface area contributed by atoms with Gasteiger partial charge in [0.05, 0.1) is 11.4 Å². The molecule has 0 unspecified atom stereocenters. The van der Waals surface area contributed by atoms with Gasteiger partial charge < -0.3 is 11.1 Å². The van der Waals surface area contributed by atoms with Gasteiger partial charge in [0.1, 0.15) is 0 Å². The van der Waals surface area contributed by atoms with Gasteiger partial charge in [0.2, 0.25) is 5.95 Å². The van der Waals surface area contributed by atoms with E-state index in [1.54, 1.807) is 24.4 Å². The van der Waals surface area contributed by atoms with Crippen LogP contribution in [0.3, 0.4) is 0 Å². The number of amides is 1. The number of nitrogens with one attached hydrogen (secondary N) is 1. The summed E-state index contributed by atoms with van der Waals surface area (Å²) in [5.74, 6) is -0.0315. The summed E-state index contributed by atoms with van der Waals surface area (Å²) in [6.45, 7) is 0. The molecule has 0 saturated carbocycles. The second-order valence-corrected chi connectivity index (χ2v) is 6.79. The van der Waals surface area contributed by atoms with Crippen molar-refractivity contribution in [2.24, 2.45) is 0 Å². The second kappa shape index (κ2) is 8.42. The summed E-state index contributed by atoms with van der Waals surface area (Å²) in [5, 5.41) is 2.92. The molecule has 0 fully saturated rings. The normalized spacial score (nSPS) is 10.0. The van der Waals surface area contributed by atoms with E-state index in [0.29, 0.717) is 16.9 Å². The van der Waals surface area contributed by atoms with E-state index < -0.39 is 0 Å². The van der Waals surface area contributed by atoms with Crippen LogP contribution in [0.15, 0.2) is 63.7 Å². The number of nitrogen functional groups attached to an aromatic ring is 1. The van der Waals surface area contributed by atoms with Crippen LogP contribution in [0.2, 0.25) is 0 Å². The number of rotatable bonds is 3. The number of carbonyl (C=O) groups excluding carboxylic acids is 1. The molecule has 0 bridgehead atoms. The zero-order valence-electron chi connectivity index (χ0n) is 12.7. The third-order valence-electron chi connectivity index (χ3n) is 3.25. The van der Waals surface area contributed by atoms with E-state index in [1.807, 2.05) is 30.3 Å². The van der Waals surface area contributed by atoms with Crippen molar-refractivity contribution in [3.63, 3.8) is 0 Å². The Balaban J connectivity index is 0.00000225. The Kier molecular flexibility index (Phi) is 6.52. The first-order valence-corrected chi connectivity index (χ1v) is 8.57. The molecule has 0 aliphatic heterocycles. The van der Waals surface area contributed by atoms with E-state index in [-0.39, 0.29) is 24.3 Å². The summed E-state index contributed by atoms with van der Waals surface area (Å²) in [4.78, 5) is 20.7. The number of anilines is 2. The Labute approximate surface area is 167 Å². The molecule has 25 heavy (non-hydrogen) atoms. The summed E-state index contributed by atoms with van der Waals surface area (Å²) in [7, 11) is 0. The summed E-state index contributed by atoms with van der Waals surface area (Å²) in [6, 6.07) is 14.5. The van der Waals surface area contributed by atoms with Crippen LogP contribution in [0, 0.1) is 0 Å². The highest BCUT2D eigenvalue weighted by Crippen LogP contribution is 2.27. The quantitative estimate of drug-likeness (QED) is 0.553. The van der Waals surface area contributed by atoms with Crippen LogP contribution in [0.5, 0.6) is 0 Å². The fourth-order valence-electron chi connectivity index (χ4n) is 2.22. The number of aromatic nitrogens is 2. The molecule has 2 aromatic carbocycles. The Morgan fingerprint density at radius 2 is 1.72 bits per heavy atom. The Bertz CT molecular complexity index is 900. The van der Waals surface area contributed by atoms with Crippen molar-refractivity contribution in [3.8, 4) is 11.3 Å². The molecule has 1 amide bonds. The van der Waals surface area contributed by atoms with E-state index in [2.05, 4.69) is 47.1 Å². The zero-order chi connectivity index (χ0) is 17.1. The Hall–Kier alpha value is -1.96. The minimum atomic E-state index is -0.216. The lowest BCUT2D eigenvalue weighted by molar-refractivity contribution is 0.102. The van der Waals surface area contributed by atoms with E-state index in [9.17, 15) is 4.79 Å². The zero-order valence-corrected chi connectivity index (χ0v) is 16.7. The number of hydrogen-bond acceptors (Lipinski definition) is 4. The molecule has 0 aliphatic carbocycles. The van der Waals surface area contributed by atoms with Gasteiger partial charge in [-0.05, 0) is 30.3 Å². The number of nitrogens with zero attached hydrogens (tertiary/aromatic N) is 2. The molecule has 0 radical (unpaired) electrons. The number of halogens is 3. The number of para-hydroxylation sites is 1. The first kappa shape index (κ1) is 19.4. The number of carbonyl (C=O) groups is 1.